The number of rotatable bonds is 8. The summed E-state index contributed by atoms with van der Waals surface area (Å²) in [5, 5.41) is 10.9. The van der Waals surface area contributed by atoms with Crippen molar-refractivity contribution in [3.8, 4) is 0 Å². The molecule has 1 atom stereocenters. The fraction of sp³-hybridized carbons (Fsp3) is 0.696. The number of nitrogens with zero attached hydrogens (tertiary/aromatic N) is 2. The van der Waals surface area contributed by atoms with Crippen molar-refractivity contribution in [3.05, 3.63) is 29.3 Å². The molecule has 0 saturated heterocycles. The lowest BCUT2D eigenvalue weighted by atomic mass is 9.98. The molecular weight excluding hydrogens is 352 g/mol. The fourth-order valence-corrected chi connectivity index (χ4v) is 4.11. The maximum atomic E-state index is 13.2. The van der Waals surface area contributed by atoms with Crippen molar-refractivity contribution in [1.82, 2.24) is 4.90 Å². The van der Waals surface area contributed by atoms with E-state index in [1.54, 1.807) is 7.11 Å². The summed E-state index contributed by atoms with van der Waals surface area (Å²) in [7, 11) is 1.72. The van der Waals surface area contributed by atoms with E-state index in [4.69, 9.17) is 4.74 Å². The molecule has 1 aromatic rings. The molecule has 0 spiro atoms. The minimum absolute atomic E-state index is 0.104. The number of methoxy groups -OCH3 is 1. The molecule has 1 saturated carbocycles. The van der Waals surface area contributed by atoms with Gasteiger partial charge in [0, 0.05) is 50.1 Å². The van der Waals surface area contributed by atoms with Crippen molar-refractivity contribution in [1.29, 1.82) is 0 Å². The highest BCUT2D eigenvalue weighted by molar-refractivity contribution is 5.95. The molecular formula is C23H36N2O3. The molecule has 1 heterocycles. The van der Waals surface area contributed by atoms with Gasteiger partial charge >= 0.3 is 0 Å². The Labute approximate surface area is 169 Å². The first-order chi connectivity index (χ1) is 13.6. The van der Waals surface area contributed by atoms with Gasteiger partial charge in [0.1, 0.15) is 0 Å². The van der Waals surface area contributed by atoms with Crippen LogP contribution in [0.1, 0.15) is 73.9 Å². The monoisotopic (exact) mass is 388 g/mol. The van der Waals surface area contributed by atoms with Gasteiger partial charge in [0.25, 0.3) is 5.91 Å². The van der Waals surface area contributed by atoms with E-state index in [0.717, 1.165) is 69.5 Å². The number of aliphatic hydroxyl groups excluding tert-OH is 1. The van der Waals surface area contributed by atoms with Crippen LogP contribution in [0.3, 0.4) is 0 Å². The molecule has 0 bridgehead atoms. The van der Waals surface area contributed by atoms with Crippen LogP contribution in [0.15, 0.2) is 18.2 Å². The molecule has 1 N–H and O–H groups in total. The van der Waals surface area contributed by atoms with Crippen LogP contribution in [0.4, 0.5) is 5.69 Å². The third kappa shape index (κ3) is 5.48. The number of hydrogen-bond acceptors (Lipinski definition) is 4. The number of carbonyl (C=O) groups is 1. The highest BCUT2D eigenvalue weighted by atomic mass is 16.5. The van der Waals surface area contributed by atoms with Crippen LogP contribution in [0.2, 0.25) is 0 Å². The van der Waals surface area contributed by atoms with Crippen LogP contribution in [0.25, 0.3) is 0 Å². The Morgan fingerprint density at radius 2 is 2.07 bits per heavy atom. The third-order valence-electron chi connectivity index (χ3n) is 5.90. The number of hydrogen-bond donors (Lipinski definition) is 1. The largest absolute Gasteiger partial charge is 0.388 e. The molecule has 1 aliphatic carbocycles. The van der Waals surface area contributed by atoms with E-state index in [2.05, 4.69) is 11.8 Å². The lowest BCUT2D eigenvalue weighted by molar-refractivity contribution is 0.0747. The number of ether oxygens (including phenoxy) is 1. The van der Waals surface area contributed by atoms with Gasteiger partial charge in [-0.25, -0.2) is 0 Å². The Morgan fingerprint density at radius 3 is 2.79 bits per heavy atom. The predicted molar refractivity (Wildman–Crippen MR) is 113 cm³/mol. The Bertz CT molecular complexity index is 645. The van der Waals surface area contributed by atoms with Gasteiger partial charge in [-0.1, -0.05) is 19.8 Å². The topological polar surface area (TPSA) is 53.0 Å². The lowest BCUT2D eigenvalue weighted by Gasteiger charge is -2.28. The van der Waals surface area contributed by atoms with Gasteiger partial charge in [-0.3, -0.25) is 4.79 Å². The summed E-state index contributed by atoms with van der Waals surface area (Å²) >= 11 is 0. The lowest BCUT2D eigenvalue weighted by Crippen LogP contribution is -2.34. The van der Waals surface area contributed by atoms with Gasteiger partial charge in [0.2, 0.25) is 0 Å². The van der Waals surface area contributed by atoms with Crippen LogP contribution >= 0.6 is 0 Å². The molecule has 5 heteroatoms. The van der Waals surface area contributed by atoms with Crippen LogP contribution in [0, 0.1) is 5.92 Å². The number of amides is 1. The molecule has 1 unspecified atom stereocenters. The van der Waals surface area contributed by atoms with Crippen LogP contribution < -0.4 is 4.90 Å². The summed E-state index contributed by atoms with van der Waals surface area (Å²) in [5.41, 5.74) is 2.65. The summed E-state index contributed by atoms with van der Waals surface area (Å²) in [4.78, 5) is 17.5. The minimum Gasteiger partial charge on any atom is -0.388 e. The quantitative estimate of drug-likeness (QED) is 0.731. The van der Waals surface area contributed by atoms with Crippen LogP contribution in [-0.2, 0) is 4.74 Å². The van der Waals surface area contributed by atoms with E-state index in [1.165, 1.54) is 12.8 Å². The second-order valence-electron chi connectivity index (χ2n) is 8.31. The summed E-state index contributed by atoms with van der Waals surface area (Å²) in [5.74, 6) is 0.783. The van der Waals surface area contributed by atoms with Crippen LogP contribution in [0.5, 0.6) is 0 Å². The Hall–Kier alpha value is -1.59. The summed E-state index contributed by atoms with van der Waals surface area (Å²) < 4.78 is 5.29. The molecule has 5 nitrogen and oxygen atoms in total. The second-order valence-corrected chi connectivity index (χ2v) is 8.31. The first-order valence-electron chi connectivity index (χ1n) is 11.0. The van der Waals surface area contributed by atoms with E-state index in [1.807, 2.05) is 23.1 Å². The predicted octanol–water partition coefficient (Wildman–Crippen LogP) is 4.01. The molecule has 2 aliphatic rings. The Kier molecular flexibility index (Phi) is 7.74. The molecule has 1 aromatic carbocycles. The Morgan fingerprint density at radius 1 is 1.25 bits per heavy atom. The van der Waals surface area contributed by atoms with Crippen molar-refractivity contribution in [2.45, 2.75) is 58.0 Å². The molecule has 1 amide bonds. The molecule has 3 rings (SSSR count). The van der Waals surface area contributed by atoms with E-state index < -0.39 is 6.10 Å². The minimum atomic E-state index is -0.519. The van der Waals surface area contributed by atoms with Gasteiger partial charge < -0.3 is 19.6 Å². The van der Waals surface area contributed by atoms with E-state index in [9.17, 15) is 9.90 Å². The SMILES string of the molecule is CCCN(CC1CC1)C(=O)c1ccc2c(c1)C(O)CCCCCN2CCOC. The average molecular weight is 389 g/mol. The third-order valence-corrected chi connectivity index (χ3v) is 5.90. The van der Waals surface area contributed by atoms with Crippen LogP contribution in [-0.4, -0.2) is 55.8 Å². The smallest absolute Gasteiger partial charge is 0.253 e. The van der Waals surface area contributed by atoms with Gasteiger partial charge in [-0.05, 0) is 56.2 Å². The summed E-state index contributed by atoms with van der Waals surface area (Å²) in [6.45, 7) is 6.20. The molecule has 28 heavy (non-hydrogen) atoms. The Balaban J connectivity index is 1.87. The molecule has 0 aromatic heterocycles. The highest BCUT2D eigenvalue weighted by Crippen LogP contribution is 2.34. The van der Waals surface area contributed by atoms with Crippen molar-refractivity contribution >= 4 is 11.6 Å². The zero-order chi connectivity index (χ0) is 19.9. The van der Waals surface area contributed by atoms with Crippen molar-refractivity contribution in [3.63, 3.8) is 0 Å². The van der Waals surface area contributed by atoms with Gasteiger partial charge in [-0.2, -0.15) is 0 Å². The maximum Gasteiger partial charge on any atom is 0.253 e. The van der Waals surface area contributed by atoms with E-state index >= 15 is 0 Å². The molecule has 1 fully saturated rings. The van der Waals surface area contributed by atoms with Gasteiger partial charge in [0.15, 0.2) is 0 Å². The van der Waals surface area contributed by atoms with Gasteiger partial charge in [-0.15, -0.1) is 0 Å². The number of aliphatic hydroxyl groups is 1. The number of anilines is 1. The van der Waals surface area contributed by atoms with E-state index in [-0.39, 0.29) is 5.91 Å². The molecule has 0 radical (unpaired) electrons. The highest BCUT2D eigenvalue weighted by Gasteiger charge is 2.28. The molecule has 1 aliphatic heterocycles. The summed E-state index contributed by atoms with van der Waals surface area (Å²) in [6.07, 6.45) is 6.93. The van der Waals surface area contributed by atoms with E-state index in [0.29, 0.717) is 18.1 Å². The standard InChI is InChI=1S/C23H36N2O3/c1-3-12-25(17-18-8-9-18)23(27)19-10-11-21-20(16-19)22(26)7-5-4-6-13-24(21)14-15-28-2/h10-11,16,18,22,26H,3-9,12-15,17H2,1-2H3. The van der Waals surface area contributed by atoms with Crippen molar-refractivity contribution in [2.24, 2.45) is 5.92 Å². The van der Waals surface area contributed by atoms with Crippen molar-refractivity contribution < 1.29 is 14.6 Å². The second kappa shape index (κ2) is 10.3. The first-order valence-corrected chi connectivity index (χ1v) is 11.0. The maximum absolute atomic E-state index is 13.2. The fourth-order valence-electron chi connectivity index (χ4n) is 4.11. The van der Waals surface area contributed by atoms with Crippen molar-refractivity contribution in [2.75, 3.05) is 44.8 Å². The molecule has 156 valence electrons. The normalized spacial score (nSPS) is 20.1. The number of carbonyl (C=O) groups excluding carboxylic acids is 1. The average Bonchev–Trinajstić information content (AvgIpc) is 3.51. The number of benzene rings is 1. The zero-order valence-corrected chi connectivity index (χ0v) is 17.5. The zero-order valence-electron chi connectivity index (χ0n) is 17.5. The number of fused-ring (bicyclic) bond motifs is 1. The van der Waals surface area contributed by atoms with Gasteiger partial charge in [0.05, 0.1) is 12.7 Å². The summed E-state index contributed by atoms with van der Waals surface area (Å²) in [6, 6.07) is 5.93. The first kappa shape index (κ1) is 21.1.